The van der Waals surface area contributed by atoms with Crippen molar-refractivity contribution in [2.45, 2.75) is 364 Å². The third kappa shape index (κ3) is 21.5. The fraction of sp³-hybridized carbons (Fsp3) is 0.859. The first kappa shape index (κ1) is 92.5. The van der Waals surface area contributed by atoms with E-state index in [9.17, 15) is 43.2 Å². The first-order chi connectivity index (χ1) is 50.0. The number of esters is 8. The molecule has 24 atom stereocenters. The summed E-state index contributed by atoms with van der Waals surface area (Å²) in [4.78, 5) is 145. The molecule has 7 aliphatic rings. The monoisotopic (exact) mass is 1670 g/mol. The first-order valence-electron chi connectivity index (χ1n) is 39.9. The smallest absolute Gasteiger partial charge is 0.311 e. The van der Waals surface area contributed by atoms with Crippen molar-refractivity contribution in [1.29, 1.82) is 0 Å². The molecule has 25 heteroatoms. The lowest BCUT2D eigenvalue weighted by atomic mass is 9.47. The average Bonchev–Trinajstić information content (AvgIpc) is 1.47. The molecule has 0 aromatic carbocycles. The standard InChI is InChI=1S/C85H135IO24/c1-43(41-86)31-34-52(87)44(2)55-53(88)40-51-49-33-32-47-39-48(35-37-84(47,29)50(49)36-38-85(51,55)30)100-67-62(103-66-64(110-75(96)83(26,27)28)60(107-72(93)80(17,18)19)57(46(4)99-66)105-70(91)78(11,12)13)61(108-73(94)81(20,21)22)58(54(101-67)42-97-68(89)76(5,6)7)102-65-63(109-74(95)82(23,24)25)59(106-71(92)79(14,15)16)56(45(3)98-65)104-69(90)77(8,9)10/h32,43-46,48-51,54-67H,31,33-42H2,1-30H3/t43-,44-,45+,46+,48+,49-,50+,51+,54-,55+,56+,57+,58-,59-,60-,61+,62-,63-,64-,65+,66+,67-,84+,85+/m1/s1. The predicted molar refractivity (Wildman–Crippen MR) is 415 cm³/mol. The van der Waals surface area contributed by atoms with E-state index in [1.54, 1.807) is 180 Å². The SMILES string of the molecule is C[C@@H](CI)CCC(=O)[C@@H](C)[C@H]1C(=O)C[C@H]2[C@@H]3CC=C4C[C@@H](O[C@@H]5O[C@H](COC(=O)C(C)(C)C)[C@@H](O[C@@H]6O[C@@H](C)[C@H](OC(=O)C(C)(C)C)[C@@H](OC(=O)C(C)(C)C)[C@H]6OC(=O)C(C)(C)C)[C@H](OC(=O)C(C)(C)C)[C@H]5O[C@@H]5O[C@@H](C)[C@H](OC(=O)C(C)(C)C)[C@@H](OC(=O)C(C)(C)C)[C@H]5OC(=O)C(C)(C)C)CC[C@]4(C)[C@H]3CC[C@]12C. The molecular weight excluding hydrogens is 1530 g/mol. The van der Waals surface area contributed by atoms with Crippen LogP contribution in [0.4, 0.5) is 0 Å². The number of ether oxygens (including phenoxy) is 14. The van der Waals surface area contributed by atoms with Gasteiger partial charge in [0.25, 0.3) is 0 Å². The second-order valence-electron chi connectivity index (χ2n) is 41.4. The Balaban J connectivity index is 1.45. The summed E-state index contributed by atoms with van der Waals surface area (Å²) in [5.41, 5.74) is -9.13. The Morgan fingerprint density at radius 2 is 0.836 bits per heavy atom. The number of carbonyl (C=O) groups excluding carboxylic acids is 10. The van der Waals surface area contributed by atoms with E-state index in [2.05, 4.69) is 49.4 Å². The zero-order chi connectivity index (χ0) is 83.4. The van der Waals surface area contributed by atoms with E-state index in [1.807, 2.05) is 6.92 Å². The van der Waals surface area contributed by atoms with Crippen LogP contribution in [0.1, 0.15) is 265 Å². The highest BCUT2D eigenvalue weighted by atomic mass is 127. The second-order valence-corrected chi connectivity index (χ2v) is 42.2. The molecule has 0 spiro atoms. The number of alkyl halides is 1. The van der Waals surface area contributed by atoms with Crippen molar-refractivity contribution < 1.29 is 114 Å². The summed E-state index contributed by atoms with van der Waals surface area (Å²) in [6.07, 6.45) is -17.8. The van der Waals surface area contributed by atoms with Gasteiger partial charge < -0.3 is 66.3 Å². The summed E-state index contributed by atoms with van der Waals surface area (Å²) in [7, 11) is 0. The van der Waals surface area contributed by atoms with Gasteiger partial charge in [-0.15, -0.1) is 0 Å². The minimum absolute atomic E-state index is 0.0696. The lowest BCUT2D eigenvalue weighted by Gasteiger charge is -2.58. The van der Waals surface area contributed by atoms with Gasteiger partial charge in [0.15, 0.2) is 67.7 Å². The van der Waals surface area contributed by atoms with Gasteiger partial charge in [0.2, 0.25) is 0 Å². The molecule has 0 unspecified atom stereocenters. The maximum Gasteiger partial charge on any atom is 0.311 e. The fourth-order valence-electron chi connectivity index (χ4n) is 15.9. The Morgan fingerprint density at radius 3 is 1.24 bits per heavy atom. The van der Waals surface area contributed by atoms with Crippen LogP contribution in [0.2, 0.25) is 0 Å². The second kappa shape index (κ2) is 34.3. The lowest BCUT2D eigenvalue weighted by Crippen LogP contribution is -2.69. The minimum Gasteiger partial charge on any atom is -0.462 e. The number of Topliss-reactive ketones (excluding diaryl/α,β-unsaturated/α-hetero) is 2. The zero-order valence-electron chi connectivity index (χ0n) is 71.7. The van der Waals surface area contributed by atoms with Crippen LogP contribution >= 0.6 is 22.6 Å². The van der Waals surface area contributed by atoms with E-state index < -0.39 is 196 Å². The highest BCUT2D eigenvalue weighted by molar-refractivity contribution is 14.1. The number of ketones is 2. The zero-order valence-corrected chi connectivity index (χ0v) is 73.9. The quantitative estimate of drug-likeness (QED) is 0.0339. The summed E-state index contributed by atoms with van der Waals surface area (Å²) < 4.78 is 95.3. The van der Waals surface area contributed by atoms with Crippen molar-refractivity contribution in [1.82, 2.24) is 0 Å². The largest absolute Gasteiger partial charge is 0.462 e. The Morgan fingerprint density at radius 1 is 0.464 bits per heavy atom. The van der Waals surface area contributed by atoms with Crippen molar-refractivity contribution in [3.63, 3.8) is 0 Å². The summed E-state index contributed by atoms with van der Waals surface area (Å²) in [6.45, 7) is 50.2. The van der Waals surface area contributed by atoms with Gasteiger partial charge in [-0.3, -0.25) is 47.9 Å². The molecular formula is C85H135IO24. The van der Waals surface area contributed by atoms with Crippen LogP contribution in [0.25, 0.3) is 0 Å². The molecule has 3 aliphatic heterocycles. The van der Waals surface area contributed by atoms with Gasteiger partial charge in [0.05, 0.1) is 61.6 Å². The number of hydrogen-bond acceptors (Lipinski definition) is 24. The molecule has 6 fully saturated rings. The molecule has 3 saturated carbocycles. The van der Waals surface area contributed by atoms with Gasteiger partial charge in [-0.2, -0.15) is 0 Å². The van der Waals surface area contributed by atoms with Crippen molar-refractivity contribution >= 4 is 81.9 Å². The van der Waals surface area contributed by atoms with Gasteiger partial charge in [-0.05, 0) is 259 Å². The number of hydrogen-bond donors (Lipinski definition) is 0. The third-order valence-electron chi connectivity index (χ3n) is 23.1. The summed E-state index contributed by atoms with van der Waals surface area (Å²) in [5.74, 6) is -5.77. The molecule has 24 nitrogen and oxygen atoms in total. The number of fused-ring (bicyclic) bond motifs is 5. The summed E-state index contributed by atoms with van der Waals surface area (Å²) >= 11 is 2.36. The van der Waals surface area contributed by atoms with E-state index >= 15 is 4.79 Å². The Hall–Kier alpha value is -4.67. The van der Waals surface area contributed by atoms with E-state index in [-0.39, 0.29) is 52.0 Å². The maximum atomic E-state index is 15.3. The van der Waals surface area contributed by atoms with Gasteiger partial charge >= 0.3 is 47.8 Å². The highest BCUT2D eigenvalue weighted by Gasteiger charge is 2.65. The van der Waals surface area contributed by atoms with Crippen molar-refractivity contribution in [2.75, 3.05) is 11.0 Å². The topological polar surface area (TPSA) is 300 Å². The molecule has 0 radical (unpaired) electrons. The summed E-state index contributed by atoms with van der Waals surface area (Å²) in [6, 6.07) is 0. The van der Waals surface area contributed by atoms with Crippen LogP contribution in [0.15, 0.2) is 11.6 Å². The molecule has 0 N–H and O–H groups in total. The van der Waals surface area contributed by atoms with Gasteiger partial charge in [-0.1, -0.05) is 61.9 Å². The third-order valence-corrected chi connectivity index (χ3v) is 24.6. The molecule has 0 aromatic heterocycles. The van der Waals surface area contributed by atoms with Crippen LogP contribution in [-0.4, -0.2) is 169 Å². The van der Waals surface area contributed by atoms with Crippen molar-refractivity contribution in [3.05, 3.63) is 11.6 Å². The van der Waals surface area contributed by atoms with Crippen molar-refractivity contribution in [3.8, 4) is 0 Å². The van der Waals surface area contributed by atoms with Crippen LogP contribution < -0.4 is 0 Å². The van der Waals surface area contributed by atoms with E-state index in [0.29, 0.717) is 44.4 Å². The minimum atomic E-state index is -1.87. The Labute approximate surface area is 668 Å². The van der Waals surface area contributed by atoms with Crippen LogP contribution in [0.5, 0.6) is 0 Å². The molecule has 3 saturated heterocycles. The average molecular weight is 1670 g/mol. The molecule has 4 aliphatic carbocycles. The number of carbonyl (C=O) groups is 10. The number of halogens is 1. The van der Waals surface area contributed by atoms with E-state index in [1.165, 1.54) is 0 Å². The Bertz CT molecular complexity index is 3370. The predicted octanol–water partition coefficient (Wildman–Crippen LogP) is 14.5. The molecule has 7 rings (SSSR count). The van der Waals surface area contributed by atoms with Crippen molar-refractivity contribution in [2.24, 2.45) is 89.7 Å². The van der Waals surface area contributed by atoms with E-state index in [0.717, 1.165) is 29.3 Å². The molecule has 0 amide bonds. The fourth-order valence-corrected chi connectivity index (χ4v) is 16.3. The van der Waals surface area contributed by atoms with Gasteiger partial charge in [0, 0.05) is 29.1 Å². The molecule has 110 heavy (non-hydrogen) atoms. The molecule has 0 aromatic rings. The first-order valence-corrected chi connectivity index (χ1v) is 41.5. The normalized spacial score (nSPS) is 34.4. The van der Waals surface area contributed by atoms with Crippen LogP contribution in [0.3, 0.4) is 0 Å². The lowest BCUT2D eigenvalue weighted by molar-refractivity contribution is -0.390. The van der Waals surface area contributed by atoms with Gasteiger partial charge in [0.1, 0.15) is 30.4 Å². The summed E-state index contributed by atoms with van der Waals surface area (Å²) in [5, 5.41) is 0. The molecule has 626 valence electrons. The number of rotatable bonds is 21. The van der Waals surface area contributed by atoms with Crippen LogP contribution in [0, 0.1) is 89.7 Å². The van der Waals surface area contributed by atoms with E-state index in [4.69, 9.17) is 66.3 Å². The molecule has 3 heterocycles. The highest BCUT2D eigenvalue weighted by Crippen LogP contribution is 2.67. The maximum absolute atomic E-state index is 15.3. The number of allylic oxidation sites excluding steroid dienone is 1. The van der Waals surface area contributed by atoms with Crippen LogP contribution in [-0.2, 0) is 114 Å². The molecule has 0 bridgehead atoms. The Kier molecular flexibility index (Phi) is 28.8. The van der Waals surface area contributed by atoms with Gasteiger partial charge in [-0.25, -0.2) is 0 Å².